The van der Waals surface area contributed by atoms with Crippen LogP contribution in [0.4, 0.5) is 0 Å². The number of carbonyl (C=O) groups is 2. The Morgan fingerprint density at radius 3 is 2.43 bits per heavy atom. The molecule has 6 nitrogen and oxygen atoms in total. The van der Waals surface area contributed by atoms with Crippen molar-refractivity contribution < 1.29 is 14.3 Å². The van der Waals surface area contributed by atoms with E-state index in [4.69, 9.17) is 10.5 Å². The summed E-state index contributed by atoms with van der Waals surface area (Å²) in [5.74, 6) is 0.576. The van der Waals surface area contributed by atoms with Gasteiger partial charge in [-0.15, -0.1) is 12.4 Å². The predicted molar refractivity (Wildman–Crippen MR) is 92.7 cm³/mol. The lowest BCUT2D eigenvalue weighted by atomic mass is 10.1. The molecular weight excluding hydrogens is 318 g/mol. The molecule has 0 fully saturated rings. The van der Waals surface area contributed by atoms with Crippen molar-refractivity contribution in [2.45, 2.75) is 32.7 Å². The van der Waals surface area contributed by atoms with E-state index in [0.717, 1.165) is 11.3 Å². The van der Waals surface area contributed by atoms with E-state index in [1.165, 1.54) is 0 Å². The zero-order chi connectivity index (χ0) is 16.4. The highest BCUT2D eigenvalue weighted by Crippen LogP contribution is 2.17. The van der Waals surface area contributed by atoms with Gasteiger partial charge in [0.15, 0.2) is 0 Å². The van der Waals surface area contributed by atoms with Crippen LogP contribution >= 0.6 is 12.4 Å². The maximum atomic E-state index is 11.8. The van der Waals surface area contributed by atoms with E-state index in [9.17, 15) is 9.59 Å². The SMILES string of the molecule is CCOc1ccc(C(C)NC(=O)CCCNC(=O)CN)cc1.Cl. The first-order valence-electron chi connectivity index (χ1n) is 7.55. The van der Waals surface area contributed by atoms with Crippen molar-refractivity contribution in [3.63, 3.8) is 0 Å². The molecule has 1 aromatic carbocycles. The largest absolute Gasteiger partial charge is 0.494 e. The molecule has 1 rings (SSSR count). The number of halogens is 1. The lowest BCUT2D eigenvalue weighted by molar-refractivity contribution is -0.122. The quantitative estimate of drug-likeness (QED) is 0.593. The number of hydrogen-bond acceptors (Lipinski definition) is 4. The molecule has 0 aliphatic rings. The summed E-state index contributed by atoms with van der Waals surface area (Å²) in [4.78, 5) is 22.8. The highest BCUT2D eigenvalue weighted by Gasteiger charge is 2.09. The Morgan fingerprint density at radius 2 is 1.87 bits per heavy atom. The Balaban J connectivity index is 0.00000484. The van der Waals surface area contributed by atoms with Crippen LogP contribution in [0.15, 0.2) is 24.3 Å². The van der Waals surface area contributed by atoms with Gasteiger partial charge < -0.3 is 21.1 Å². The molecule has 2 amide bonds. The summed E-state index contributed by atoms with van der Waals surface area (Å²) in [7, 11) is 0. The topological polar surface area (TPSA) is 93.5 Å². The minimum absolute atomic E-state index is 0. The van der Waals surface area contributed by atoms with Crippen molar-refractivity contribution in [3.05, 3.63) is 29.8 Å². The zero-order valence-electron chi connectivity index (χ0n) is 13.6. The minimum atomic E-state index is -0.205. The van der Waals surface area contributed by atoms with Gasteiger partial charge in [0.1, 0.15) is 5.75 Å². The first kappa shape index (κ1) is 21.2. The molecule has 0 saturated carbocycles. The fourth-order valence-electron chi connectivity index (χ4n) is 1.97. The summed E-state index contributed by atoms with van der Waals surface area (Å²) in [5.41, 5.74) is 6.20. The molecule has 0 heterocycles. The smallest absolute Gasteiger partial charge is 0.233 e. The highest BCUT2D eigenvalue weighted by molar-refractivity contribution is 5.85. The summed E-state index contributed by atoms with van der Waals surface area (Å²) in [6, 6.07) is 7.60. The summed E-state index contributed by atoms with van der Waals surface area (Å²) in [6.45, 7) is 4.94. The number of nitrogens with two attached hydrogens (primary N) is 1. The molecule has 7 heteroatoms. The number of benzene rings is 1. The van der Waals surface area contributed by atoms with Crippen molar-refractivity contribution in [1.82, 2.24) is 10.6 Å². The second kappa shape index (κ2) is 11.7. The van der Waals surface area contributed by atoms with Crippen LogP contribution in [-0.4, -0.2) is 31.5 Å². The molecule has 0 spiro atoms. The Kier molecular flexibility index (Phi) is 10.8. The number of nitrogens with one attached hydrogen (secondary N) is 2. The van der Waals surface area contributed by atoms with Crippen LogP contribution in [-0.2, 0) is 9.59 Å². The van der Waals surface area contributed by atoms with E-state index < -0.39 is 0 Å². The monoisotopic (exact) mass is 343 g/mol. The van der Waals surface area contributed by atoms with Crippen molar-refractivity contribution in [2.24, 2.45) is 5.73 Å². The Bertz CT molecular complexity index is 480. The lowest BCUT2D eigenvalue weighted by Crippen LogP contribution is -2.32. The third-order valence-electron chi connectivity index (χ3n) is 3.16. The van der Waals surface area contributed by atoms with Gasteiger partial charge in [-0.05, 0) is 38.0 Å². The van der Waals surface area contributed by atoms with E-state index in [2.05, 4.69) is 10.6 Å². The normalized spacial score (nSPS) is 11.1. The van der Waals surface area contributed by atoms with Gasteiger partial charge in [0.05, 0.1) is 19.2 Å². The van der Waals surface area contributed by atoms with Gasteiger partial charge in [-0.3, -0.25) is 9.59 Å². The first-order valence-corrected chi connectivity index (χ1v) is 7.55. The molecule has 0 aliphatic heterocycles. The van der Waals surface area contributed by atoms with Crippen LogP contribution in [0.3, 0.4) is 0 Å². The van der Waals surface area contributed by atoms with Gasteiger partial charge in [0.25, 0.3) is 0 Å². The maximum Gasteiger partial charge on any atom is 0.233 e. The summed E-state index contributed by atoms with van der Waals surface area (Å²) < 4.78 is 5.38. The van der Waals surface area contributed by atoms with E-state index in [-0.39, 0.29) is 36.8 Å². The number of rotatable bonds is 9. The molecule has 0 radical (unpaired) electrons. The standard InChI is InChI=1S/C16H25N3O3.ClH/c1-3-22-14-8-6-13(7-9-14)12(2)19-15(20)5-4-10-18-16(21)11-17;/h6-9,12H,3-5,10-11,17H2,1-2H3,(H,18,21)(H,19,20);1H. The van der Waals surface area contributed by atoms with Gasteiger partial charge in [0, 0.05) is 13.0 Å². The molecule has 1 aromatic rings. The maximum absolute atomic E-state index is 11.8. The highest BCUT2D eigenvalue weighted by atomic mass is 35.5. The van der Waals surface area contributed by atoms with E-state index in [1.54, 1.807) is 0 Å². The van der Waals surface area contributed by atoms with E-state index in [1.807, 2.05) is 38.1 Å². The minimum Gasteiger partial charge on any atom is -0.494 e. The lowest BCUT2D eigenvalue weighted by Gasteiger charge is -2.15. The molecule has 1 atom stereocenters. The van der Waals surface area contributed by atoms with Gasteiger partial charge >= 0.3 is 0 Å². The van der Waals surface area contributed by atoms with Crippen LogP contribution in [0.2, 0.25) is 0 Å². The van der Waals surface area contributed by atoms with Crippen molar-refractivity contribution in [2.75, 3.05) is 19.7 Å². The van der Waals surface area contributed by atoms with Gasteiger partial charge in [0.2, 0.25) is 11.8 Å². The molecule has 0 saturated heterocycles. The molecule has 1 unspecified atom stereocenters. The van der Waals surface area contributed by atoms with Crippen LogP contribution in [0.5, 0.6) is 5.75 Å². The summed E-state index contributed by atoms with van der Waals surface area (Å²) >= 11 is 0. The Hall–Kier alpha value is -1.79. The van der Waals surface area contributed by atoms with Crippen molar-refractivity contribution in [3.8, 4) is 5.75 Å². The van der Waals surface area contributed by atoms with Crippen molar-refractivity contribution in [1.29, 1.82) is 0 Å². The Morgan fingerprint density at radius 1 is 1.22 bits per heavy atom. The average molecular weight is 344 g/mol. The van der Waals surface area contributed by atoms with E-state index in [0.29, 0.717) is 26.0 Å². The number of carbonyl (C=O) groups excluding carboxylic acids is 2. The summed E-state index contributed by atoms with van der Waals surface area (Å²) in [6.07, 6.45) is 0.958. The molecule has 0 aliphatic carbocycles. The molecule has 23 heavy (non-hydrogen) atoms. The van der Waals surface area contributed by atoms with Crippen LogP contribution in [0.25, 0.3) is 0 Å². The van der Waals surface area contributed by atoms with Gasteiger partial charge in [-0.2, -0.15) is 0 Å². The van der Waals surface area contributed by atoms with Crippen LogP contribution in [0.1, 0.15) is 38.3 Å². The second-order valence-corrected chi connectivity index (χ2v) is 4.95. The van der Waals surface area contributed by atoms with Gasteiger partial charge in [-0.25, -0.2) is 0 Å². The average Bonchev–Trinajstić information content (AvgIpc) is 2.52. The number of ether oxygens (including phenoxy) is 1. The van der Waals surface area contributed by atoms with Gasteiger partial charge in [-0.1, -0.05) is 12.1 Å². The van der Waals surface area contributed by atoms with E-state index >= 15 is 0 Å². The van der Waals surface area contributed by atoms with Crippen LogP contribution < -0.4 is 21.1 Å². The predicted octanol–water partition coefficient (Wildman–Crippen LogP) is 1.54. The van der Waals surface area contributed by atoms with Crippen molar-refractivity contribution >= 4 is 24.2 Å². The third-order valence-corrected chi connectivity index (χ3v) is 3.16. The third kappa shape index (κ3) is 8.42. The Labute approximate surface area is 143 Å². The second-order valence-electron chi connectivity index (χ2n) is 4.95. The fraction of sp³-hybridized carbons (Fsp3) is 0.500. The molecular formula is C16H26ClN3O3. The molecule has 0 bridgehead atoms. The molecule has 0 aromatic heterocycles. The molecule has 4 N–H and O–H groups in total. The summed E-state index contributed by atoms with van der Waals surface area (Å²) in [5, 5.41) is 5.57. The number of hydrogen-bond donors (Lipinski definition) is 3. The zero-order valence-corrected chi connectivity index (χ0v) is 14.4. The number of amides is 2. The van der Waals surface area contributed by atoms with Crippen LogP contribution in [0, 0.1) is 0 Å². The molecule has 130 valence electrons. The fourth-order valence-corrected chi connectivity index (χ4v) is 1.97. The first-order chi connectivity index (χ1) is 10.6.